The third kappa shape index (κ3) is 1.57. The molecule has 19 heavy (non-hydrogen) atoms. The standard InChI is InChI=1S/C18H22O/c1-12-5-7-13(8-6-12)11-14-15-9-10-18(4,16(14)19)17(15,2)3/h5-8,11,15H,9-10H2,1-4H3/t15-,18+/m1/s1. The van der Waals surface area contributed by atoms with Gasteiger partial charge in [0.15, 0.2) is 5.78 Å². The third-order valence-corrected chi connectivity index (χ3v) is 5.76. The smallest absolute Gasteiger partial charge is 0.165 e. The first-order valence-corrected chi connectivity index (χ1v) is 7.19. The summed E-state index contributed by atoms with van der Waals surface area (Å²) in [7, 11) is 0. The third-order valence-electron chi connectivity index (χ3n) is 5.76. The molecule has 0 amide bonds. The van der Waals surface area contributed by atoms with E-state index in [0.29, 0.717) is 11.7 Å². The summed E-state index contributed by atoms with van der Waals surface area (Å²) in [6, 6.07) is 8.43. The molecule has 1 heteroatoms. The van der Waals surface area contributed by atoms with Crippen LogP contribution in [-0.2, 0) is 4.79 Å². The van der Waals surface area contributed by atoms with Crippen LogP contribution in [0.3, 0.4) is 0 Å². The van der Waals surface area contributed by atoms with Crippen molar-refractivity contribution in [2.45, 2.75) is 40.5 Å². The summed E-state index contributed by atoms with van der Waals surface area (Å²) in [5.41, 5.74) is 3.44. The van der Waals surface area contributed by atoms with Crippen molar-refractivity contribution in [3.8, 4) is 0 Å². The highest BCUT2D eigenvalue weighted by Gasteiger charge is 2.63. The summed E-state index contributed by atoms with van der Waals surface area (Å²) in [6.07, 6.45) is 4.33. The fourth-order valence-corrected chi connectivity index (χ4v) is 3.94. The van der Waals surface area contributed by atoms with Gasteiger partial charge >= 0.3 is 0 Å². The Morgan fingerprint density at radius 3 is 2.32 bits per heavy atom. The first kappa shape index (κ1) is 12.7. The van der Waals surface area contributed by atoms with Crippen LogP contribution in [0.15, 0.2) is 29.8 Å². The molecular formula is C18H22O. The van der Waals surface area contributed by atoms with E-state index in [1.54, 1.807) is 0 Å². The predicted molar refractivity (Wildman–Crippen MR) is 78.8 cm³/mol. The second-order valence-corrected chi connectivity index (χ2v) is 6.98. The zero-order chi connectivity index (χ0) is 13.8. The Bertz CT molecular complexity index is 562. The molecule has 1 nitrogen and oxygen atoms in total. The van der Waals surface area contributed by atoms with Gasteiger partial charge in [0.2, 0.25) is 0 Å². The number of carbonyl (C=O) groups is 1. The van der Waals surface area contributed by atoms with Crippen LogP contribution in [0.1, 0.15) is 44.7 Å². The monoisotopic (exact) mass is 254 g/mol. The van der Waals surface area contributed by atoms with Gasteiger partial charge < -0.3 is 0 Å². The van der Waals surface area contributed by atoms with E-state index < -0.39 is 0 Å². The first-order valence-electron chi connectivity index (χ1n) is 7.19. The van der Waals surface area contributed by atoms with Crippen molar-refractivity contribution in [3.63, 3.8) is 0 Å². The Balaban J connectivity index is 2.04. The minimum atomic E-state index is -0.145. The number of Topliss-reactive ketones (excluding diaryl/α,β-unsaturated/α-hetero) is 1. The molecule has 2 fully saturated rings. The summed E-state index contributed by atoms with van der Waals surface area (Å²) in [6.45, 7) is 8.77. The van der Waals surface area contributed by atoms with Crippen molar-refractivity contribution in [2.75, 3.05) is 0 Å². The lowest BCUT2D eigenvalue weighted by atomic mass is 9.70. The van der Waals surface area contributed by atoms with E-state index in [1.165, 1.54) is 5.56 Å². The van der Waals surface area contributed by atoms with E-state index in [0.717, 1.165) is 24.0 Å². The average molecular weight is 254 g/mol. The summed E-state index contributed by atoms with van der Waals surface area (Å²) in [5, 5.41) is 0. The molecule has 3 rings (SSSR count). The fraction of sp³-hybridized carbons (Fsp3) is 0.500. The average Bonchev–Trinajstić information content (AvgIpc) is 2.66. The van der Waals surface area contributed by atoms with Gasteiger partial charge in [-0.15, -0.1) is 0 Å². The maximum atomic E-state index is 12.7. The van der Waals surface area contributed by atoms with E-state index in [4.69, 9.17) is 0 Å². The van der Waals surface area contributed by atoms with E-state index in [9.17, 15) is 4.79 Å². The van der Waals surface area contributed by atoms with Crippen molar-refractivity contribution in [2.24, 2.45) is 16.7 Å². The van der Waals surface area contributed by atoms with Gasteiger partial charge in [-0.25, -0.2) is 0 Å². The molecule has 1 aromatic rings. The Kier molecular flexibility index (Phi) is 2.54. The molecule has 100 valence electrons. The summed E-state index contributed by atoms with van der Waals surface area (Å²) in [5.74, 6) is 0.820. The largest absolute Gasteiger partial charge is 0.294 e. The zero-order valence-electron chi connectivity index (χ0n) is 12.3. The summed E-state index contributed by atoms with van der Waals surface area (Å²) in [4.78, 5) is 12.7. The minimum Gasteiger partial charge on any atom is -0.294 e. The molecule has 0 radical (unpaired) electrons. The van der Waals surface area contributed by atoms with E-state index in [-0.39, 0.29) is 10.8 Å². The Labute approximate surface area is 115 Å². The van der Waals surface area contributed by atoms with Crippen molar-refractivity contribution in [3.05, 3.63) is 41.0 Å². The van der Waals surface area contributed by atoms with Crippen LogP contribution in [0.4, 0.5) is 0 Å². The quantitative estimate of drug-likeness (QED) is 0.679. The number of aryl methyl sites for hydroxylation is 1. The first-order chi connectivity index (χ1) is 8.86. The van der Waals surface area contributed by atoms with Gasteiger partial charge in [-0.1, -0.05) is 50.6 Å². The van der Waals surface area contributed by atoms with Crippen molar-refractivity contribution in [1.82, 2.24) is 0 Å². The molecule has 2 atom stereocenters. The van der Waals surface area contributed by atoms with E-state index in [1.807, 2.05) is 0 Å². The van der Waals surface area contributed by atoms with E-state index in [2.05, 4.69) is 58.0 Å². The van der Waals surface area contributed by atoms with Crippen LogP contribution < -0.4 is 0 Å². The number of allylic oxidation sites excluding steroid dienone is 1. The lowest BCUT2D eigenvalue weighted by Gasteiger charge is -2.31. The number of hydrogen-bond acceptors (Lipinski definition) is 1. The van der Waals surface area contributed by atoms with Crippen LogP contribution >= 0.6 is 0 Å². The number of carbonyl (C=O) groups excluding carboxylic acids is 1. The van der Waals surface area contributed by atoms with E-state index >= 15 is 0 Å². The number of ketones is 1. The van der Waals surface area contributed by atoms with Gasteiger partial charge in [0.05, 0.1) is 0 Å². The van der Waals surface area contributed by atoms with Crippen LogP contribution in [0.25, 0.3) is 6.08 Å². The highest BCUT2D eigenvalue weighted by atomic mass is 16.1. The molecule has 2 aliphatic rings. The molecule has 0 unspecified atom stereocenters. The molecule has 0 heterocycles. The molecule has 1 aromatic carbocycles. The van der Waals surface area contributed by atoms with Gasteiger partial charge in [-0.3, -0.25) is 4.79 Å². The second kappa shape index (κ2) is 3.82. The molecule has 2 aliphatic carbocycles. The molecule has 0 aromatic heterocycles. The molecule has 0 N–H and O–H groups in total. The van der Waals surface area contributed by atoms with Gasteiger partial charge in [0.25, 0.3) is 0 Å². The van der Waals surface area contributed by atoms with Crippen molar-refractivity contribution >= 4 is 11.9 Å². The topological polar surface area (TPSA) is 17.1 Å². The van der Waals surface area contributed by atoms with Gasteiger partial charge in [-0.05, 0) is 48.3 Å². The van der Waals surface area contributed by atoms with Crippen LogP contribution in [0, 0.1) is 23.7 Å². The highest BCUT2D eigenvalue weighted by molar-refractivity contribution is 6.07. The number of benzene rings is 1. The van der Waals surface area contributed by atoms with Crippen molar-refractivity contribution < 1.29 is 4.79 Å². The number of rotatable bonds is 1. The Hall–Kier alpha value is -1.37. The Morgan fingerprint density at radius 1 is 1.16 bits per heavy atom. The van der Waals surface area contributed by atoms with Gasteiger partial charge in [0, 0.05) is 5.41 Å². The van der Waals surface area contributed by atoms with Crippen LogP contribution in [0.5, 0.6) is 0 Å². The normalized spacial score (nSPS) is 34.2. The second-order valence-electron chi connectivity index (χ2n) is 6.98. The lowest BCUT2D eigenvalue weighted by Crippen LogP contribution is -2.32. The maximum absolute atomic E-state index is 12.7. The molecular weight excluding hydrogens is 232 g/mol. The molecule has 2 saturated carbocycles. The summed E-state index contributed by atoms with van der Waals surface area (Å²) >= 11 is 0. The van der Waals surface area contributed by atoms with Crippen LogP contribution in [-0.4, -0.2) is 5.78 Å². The molecule has 0 spiro atoms. The maximum Gasteiger partial charge on any atom is 0.165 e. The highest BCUT2D eigenvalue weighted by Crippen LogP contribution is 2.65. The zero-order valence-corrected chi connectivity index (χ0v) is 12.3. The fourth-order valence-electron chi connectivity index (χ4n) is 3.94. The van der Waals surface area contributed by atoms with Crippen LogP contribution in [0.2, 0.25) is 0 Å². The van der Waals surface area contributed by atoms with Gasteiger partial charge in [0.1, 0.15) is 0 Å². The predicted octanol–water partition coefficient (Wildman–Crippen LogP) is 4.40. The Morgan fingerprint density at radius 2 is 1.79 bits per heavy atom. The van der Waals surface area contributed by atoms with Gasteiger partial charge in [-0.2, -0.15) is 0 Å². The molecule has 0 saturated heterocycles. The molecule has 0 aliphatic heterocycles. The SMILES string of the molecule is Cc1ccc(C=C2C(=O)[C@]3(C)CC[C@H]2C3(C)C)cc1. The lowest BCUT2D eigenvalue weighted by molar-refractivity contribution is -0.125. The van der Waals surface area contributed by atoms with Crippen molar-refractivity contribution in [1.29, 1.82) is 0 Å². The molecule has 2 bridgehead atoms. The summed E-state index contributed by atoms with van der Waals surface area (Å²) < 4.78 is 0. The number of fused-ring (bicyclic) bond motifs is 2. The minimum absolute atomic E-state index is 0.112. The number of hydrogen-bond donors (Lipinski definition) is 0.